The minimum Gasteiger partial charge on any atom is -0.391 e. The number of carbonyl (C=O) groups is 4. The Labute approximate surface area is 280 Å². The molecule has 0 radical (unpaired) electrons. The number of β-amino-alcohol motifs (C(OH)–C–C–N with tert-alkyl or cyclic N) is 1. The van der Waals surface area contributed by atoms with Crippen LogP contribution in [0.4, 0.5) is 4.39 Å². The van der Waals surface area contributed by atoms with Crippen molar-refractivity contribution >= 4 is 35.0 Å². The number of unbranched alkanes of at least 4 members (excludes halogenated alkanes) is 3. The van der Waals surface area contributed by atoms with E-state index < -0.39 is 53.0 Å². The standard InChI is InChI=1S/C34H49FN6O5S/c1-21-28(47-20-38-21)23-11-9-22(10-12-23)25(18-27(43)37-16-8-6-5-7-15-36)39-30(44)26-17-24(42)19-41(26)31(45)29(33(2,3)4)40-32(46)34(35)13-14-34/h9-12,20,24-26,29,42H,5-8,13-19,36H2,1-4H3,(H,37,43)(H,39,44)(H,40,46)/t24-,25+,26+,29-/m1/s1. The summed E-state index contributed by atoms with van der Waals surface area (Å²) in [7, 11) is 0. The zero-order valence-electron chi connectivity index (χ0n) is 27.8. The largest absolute Gasteiger partial charge is 0.391 e. The van der Waals surface area contributed by atoms with Crippen molar-refractivity contribution < 1.29 is 28.7 Å². The molecule has 0 bridgehead atoms. The molecule has 0 spiro atoms. The van der Waals surface area contributed by atoms with Gasteiger partial charge in [0.15, 0.2) is 5.67 Å². The molecule has 2 aromatic rings. The summed E-state index contributed by atoms with van der Waals surface area (Å²) < 4.78 is 14.5. The van der Waals surface area contributed by atoms with Gasteiger partial charge in [0.05, 0.1) is 34.6 Å². The number of nitrogens with two attached hydrogens (primary N) is 1. The third-order valence-corrected chi connectivity index (χ3v) is 9.81. The molecule has 1 saturated heterocycles. The van der Waals surface area contributed by atoms with Crippen LogP contribution in [0.25, 0.3) is 10.4 Å². The Hall–Kier alpha value is -3.42. The Morgan fingerprint density at radius 2 is 1.79 bits per heavy atom. The second-order valence-electron chi connectivity index (χ2n) is 13.8. The molecule has 6 N–H and O–H groups in total. The first-order valence-corrected chi connectivity index (χ1v) is 17.4. The lowest BCUT2D eigenvalue weighted by Crippen LogP contribution is -2.59. The van der Waals surface area contributed by atoms with Crippen LogP contribution in [0.3, 0.4) is 0 Å². The molecule has 1 aromatic heterocycles. The fraction of sp³-hybridized carbons (Fsp3) is 0.618. The summed E-state index contributed by atoms with van der Waals surface area (Å²) in [5.41, 5.74) is 7.15. The number of nitrogens with one attached hydrogen (secondary N) is 3. The van der Waals surface area contributed by atoms with Crippen molar-refractivity contribution in [1.29, 1.82) is 0 Å². The normalized spacial score (nSPS) is 19.9. The lowest BCUT2D eigenvalue weighted by molar-refractivity contribution is -0.145. The van der Waals surface area contributed by atoms with Crippen molar-refractivity contribution in [2.75, 3.05) is 19.6 Å². The van der Waals surface area contributed by atoms with Gasteiger partial charge in [-0.25, -0.2) is 9.37 Å². The molecule has 4 atom stereocenters. The molecule has 13 heteroatoms. The second kappa shape index (κ2) is 15.7. The van der Waals surface area contributed by atoms with E-state index in [4.69, 9.17) is 5.73 Å². The molecule has 2 aliphatic rings. The Morgan fingerprint density at radius 3 is 2.38 bits per heavy atom. The molecule has 1 saturated carbocycles. The highest BCUT2D eigenvalue weighted by molar-refractivity contribution is 7.13. The average molecular weight is 673 g/mol. The minimum atomic E-state index is -1.97. The van der Waals surface area contributed by atoms with E-state index in [1.54, 1.807) is 26.3 Å². The van der Waals surface area contributed by atoms with Gasteiger partial charge in [-0.2, -0.15) is 0 Å². The number of rotatable bonds is 15. The first kappa shape index (κ1) is 36.4. The summed E-state index contributed by atoms with van der Waals surface area (Å²) in [5, 5.41) is 19.1. The number of aryl methyl sites for hydroxylation is 1. The monoisotopic (exact) mass is 672 g/mol. The van der Waals surface area contributed by atoms with Gasteiger partial charge >= 0.3 is 0 Å². The lowest BCUT2D eigenvalue weighted by Gasteiger charge is -2.36. The van der Waals surface area contributed by atoms with E-state index in [9.17, 15) is 28.7 Å². The van der Waals surface area contributed by atoms with Crippen LogP contribution in [0.5, 0.6) is 0 Å². The summed E-state index contributed by atoms with van der Waals surface area (Å²) in [6, 6.07) is 4.69. The van der Waals surface area contributed by atoms with E-state index >= 15 is 0 Å². The number of aliphatic hydroxyl groups is 1. The fourth-order valence-electron chi connectivity index (χ4n) is 5.79. The molecule has 258 valence electrons. The highest BCUT2D eigenvalue weighted by Crippen LogP contribution is 2.40. The highest BCUT2D eigenvalue weighted by Gasteiger charge is 2.53. The predicted octanol–water partition coefficient (Wildman–Crippen LogP) is 3.30. The molecule has 1 aliphatic heterocycles. The number of amides is 4. The lowest BCUT2D eigenvalue weighted by atomic mass is 9.85. The average Bonchev–Trinajstić information content (AvgIpc) is 3.43. The van der Waals surface area contributed by atoms with Gasteiger partial charge in [-0.05, 0) is 55.7 Å². The van der Waals surface area contributed by atoms with E-state index in [2.05, 4.69) is 20.9 Å². The number of hydrogen-bond acceptors (Lipinski definition) is 8. The maximum absolute atomic E-state index is 14.5. The minimum absolute atomic E-state index is 0.0132. The smallest absolute Gasteiger partial charge is 0.258 e. The van der Waals surface area contributed by atoms with Crippen molar-refractivity contribution in [3.63, 3.8) is 0 Å². The summed E-state index contributed by atoms with van der Waals surface area (Å²) >= 11 is 1.53. The zero-order valence-corrected chi connectivity index (χ0v) is 28.6. The zero-order chi connectivity index (χ0) is 34.4. The number of likely N-dealkylation sites (tertiary alicyclic amines) is 1. The Bertz CT molecular complexity index is 1410. The van der Waals surface area contributed by atoms with E-state index in [1.807, 2.05) is 31.2 Å². The molecule has 0 unspecified atom stereocenters. The van der Waals surface area contributed by atoms with Gasteiger partial charge in [0.25, 0.3) is 5.91 Å². The number of aromatic nitrogens is 1. The Morgan fingerprint density at radius 1 is 1.11 bits per heavy atom. The number of thiazole rings is 1. The van der Waals surface area contributed by atoms with Gasteiger partial charge in [-0.1, -0.05) is 57.9 Å². The molecular weight excluding hydrogens is 623 g/mol. The molecular formula is C34H49FN6O5S. The molecule has 2 fully saturated rings. The summed E-state index contributed by atoms with van der Waals surface area (Å²) in [6.45, 7) is 8.21. The molecule has 1 aliphatic carbocycles. The molecule has 11 nitrogen and oxygen atoms in total. The topological polar surface area (TPSA) is 167 Å². The van der Waals surface area contributed by atoms with Gasteiger partial charge in [0, 0.05) is 19.5 Å². The third-order valence-electron chi connectivity index (χ3n) is 8.83. The highest BCUT2D eigenvalue weighted by atomic mass is 32.1. The molecule has 2 heterocycles. The number of alkyl halides is 1. The van der Waals surface area contributed by atoms with Crippen molar-refractivity contribution in [2.24, 2.45) is 11.1 Å². The number of halogens is 1. The van der Waals surface area contributed by atoms with Crippen LogP contribution in [0.1, 0.15) is 89.4 Å². The Kier molecular flexibility index (Phi) is 12.1. The first-order chi connectivity index (χ1) is 22.2. The third kappa shape index (κ3) is 9.57. The van der Waals surface area contributed by atoms with E-state index in [-0.39, 0.29) is 38.1 Å². The quantitative estimate of drug-likeness (QED) is 0.181. The maximum atomic E-state index is 14.5. The second-order valence-corrected chi connectivity index (χ2v) is 14.7. The van der Waals surface area contributed by atoms with E-state index in [0.717, 1.165) is 41.8 Å². The Balaban J connectivity index is 1.51. The number of nitrogens with zero attached hydrogens (tertiary/aromatic N) is 2. The SMILES string of the molecule is Cc1ncsc1-c1ccc([C@H](CC(=O)NCCCCCCN)NC(=O)[C@@H]2C[C@@H](O)CN2C(=O)[C@@H](NC(=O)C2(F)CC2)C(C)(C)C)cc1. The molecule has 1 aromatic carbocycles. The molecule has 4 amide bonds. The summed E-state index contributed by atoms with van der Waals surface area (Å²) in [5.74, 6) is -2.17. The molecule has 4 rings (SSSR count). The van der Waals surface area contributed by atoms with E-state index in [0.29, 0.717) is 18.7 Å². The van der Waals surface area contributed by atoms with Crippen molar-refractivity contribution in [3.8, 4) is 10.4 Å². The van der Waals surface area contributed by atoms with Crippen LogP contribution >= 0.6 is 11.3 Å². The maximum Gasteiger partial charge on any atom is 0.258 e. The molecule has 47 heavy (non-hydrogen) atoms. The van der Waals surface area contributed by atoms with Crippen LogP contribution in [0.2, 0.25) is 0 Å². The number of carbonyl (C=O) groups excluding carboxylic acids is 4. The number of aliphatic hydroxyl groups excluding tert-OH is 1. The van der Waals surface area contributed by atoms with Gasteiger partial charge < -0.3 is 31.7 Å². The van der Waals surface area contributed by atoms with Crippen LogP contribution in [0.15, 0.2) is 29.8 Å². The number of benzene rings is 1. The predicted molar refractivity (Wildman–Crippen MR) is 179 cm³/mol. The summed E-state index contributed by atoms with van der Waals surface area (Å²) in [4.78, 5) is 60.1. The van der Waals surface area contributed by atoms with Gasteiger partial charge in [-0.3, -0.25) is 19.2 Å². The van der Waals surface area contributed by atoms with Gasteiger partial charge in [0.1, 0.15) is 12.1 Å². The first-order valence-electron chi connectivity index (χ1n) is 16.5. The summed E-state index contributed by atoms with van der Waals surface area (Å²) in [6.07, 6.45) is 2.89. The fourth-order valence-corrected chi connectivity index (χ4v) is 6.60. The van der Waals surface area contributed by atoms with Crippen molar-refractivity contribution in [2.45, 2.75) is 109 Å². The van der Waals surface area contributed by atoms with Gasteiger partial charge in [-0.15, -0.1) is 11.3 Å². The van der Waals surface area contributed by atoms with Crippen LogP contribution < -0.4 is 21.7 Å². The van der Waals surface area contributed by atoms with E-state index in [1.165, 1.54) is 16.2 Å². The number of hydrogen-bond donors (Lipinski definition) is 5. The van der Waals surface area contributed by atoms with Crippen LogP contribution in [-0.4, -0.2) is 82.1 Å². The van der Waals surface area contributed by atoms with Crippen LogP contribution in [0, 0.1) is 12.3 Å². The van der Waals surface area contributed by atoms with Crippen LogP contribution in [-0.2, 0) is 19.2 Å². The van der Waals surface area contributed by atoms with Crippen molar-refractivity contribution in [3.05, 3.63) is 41.0 Å². The van der Waals surface area contributed by atoms with Gasteiger partial charge in [0.2, 0.25) is 17.7 Å². The van der Waals surface area contributed by atoms with Crippen molar-refractivity contribution in [1.82, 2.24) is 25.8 Å².